The maximum Gasteiger partial charge on any atom is 0.151 e. The second kappa shape index (κ2) is 6.13. The predicted octanol–water partition coefficient (Wildman–Crippen LogP) is 3.14. The lowest BCUT2D eigenvalue weighted by molar-refractivity contribution is 0.213. The molecule has 0 amide bonds. The van der Waals surface area contributed by atoms with Crippen molar-refractivity contribution in [3.8, 4) is 11.3 Å². The van der Waals surface area contributed by atoms with Crippen molar-refractivity contribution in [1.29, 1.82) is 0 Å². The van der Waals surface area contributed by atoms with Crippen molar-refractivity contribution in [1.82, 2.24) is 20.0 Å². The molecule has 0 saturated heterocycles. The topological polar surface area (TPSA) is 55.1 Å². The molecule has 0 N–H and O–H groups in total. The van der Waals surface area contributed by atoms with Gasteiger partial charge >= 0.3 is 0 Å². The smallest absolute Gasteiger partial charge is 0.151 e. The highest BCUT2D eigenvalue weighted by Gasteiger charge is 2.19. The van der Waals surface area contributed by atoms with Crippen molar-refractivity contribution in [2.24, 2.45) is 0 Å². The van der Waals surface area contributed by atoms with Crippen LogP contribution >= 0.6 is 0 Å². The highest BCUT2D eigenvalue weighted by atomic mass is 19.1. The highest BCUT2D eigenvalue weighted by Crippen LogP contribution is 2.23. The van der Waals surface area contributed by atoms with Crippen LogP contribution in [0.15, 0.2) is 41.1 Å². The summed E-state index contributed by atoms with van der Waals surface area (Å²) in [6.07, 6.45) is 2.81. The molecule has 0 bridgehead atoms. The number of halogens is 1. The lowest BCUT2D eigenvalue weighted by atomic mass is 10.1. The second-order valence-corrected chi connectivity index (χ2v) is 6.04. The van der Waals surface area contributed by atoms with Crippen LogP contribution in [0.3, 0.4) is 0 Å². The van der Waals surface area contributed by atoms with Gasteiger partial charge in [-0.1, -0.05) is 17.3 Å². The second-order valence-electron chi connectivity index (χ2n) is 6.04. The Bertz CT molecular complexity index is 877. The fourth-order valence-electron chi connectivity index (χ4n) is 3.00. The summed E-state index contributed by atoms with van der Waals surface area (Å²) >= 11 is 0. The normalized spacial score (nSPS) is 14.6. The van der Waals surface area contributed by atoms with Crippen molar-refractivity contribution in [3.63, 3.8) is 0 Å². The van der Waals surface area contributed by atoms with Gasteiger partial charge in [-0.25, -0.2) is 14.4 Å². The third-order valence-corrected chi connectivity index (χ3v) is 4.19. The van der Waals surface area contributed by atoms with Crippen LogP contribution in [-0.2, 0) is 19.5 Å². The van der Waals surface area contributed by atoms with E-state index in [-0.39, 0.29) is 5.82 Å². The lowest BCUT2D eigenvalue weighted by Crippen LogP contribution is -2.30. The molecule has 24 heavy (non-hydrogen) atoms. The molecule has 0 aliphatic carbocycles. The molecule has 4 rings (SSSR count). The third-order valence-electron chi connectivity index (χ3n) is 4.19. The molecule has 1 aromatic carbocycles. The lowest BCUT2D eigenvalue weighted by Gasteiger charge is -2.26. The van der Waals surface area contributed by atoms with E-state index in [2.05, 4.69) is 20.0 Å². The Hall–Kier alpha value is -2.60. The Labute approximate surface area is 139 Å². The van der Waals surface area contributed by atoms with E-state index in [1.54, 1.807) is 6.07 Å². The molecule has 3 heterocycles. The van der Waals surface area contributed by atoms with Crippen molar-refractivity contribution in [2.75, 3.05) is 6.54 Å². The van der Waals surface area contributed by atoms with Gasteiger partial charge in [-0.2, -0.15) is 0 Å². The monoisotopic (exact) mass is 324 g/mol. The van der Waals surface area contributed by atoms with E-state index in [1.807, 2.05) is 25.3 Å². The van der Waals surface area contributed by atoms with Gasteiger partial charge in [0.2, 0.25) is 0 Å². The van der Waals surface area contributed by atoms with E-state index >= 15 is 0 Å². The largest absolute Gasteiger partial charge is 0.359 e. The SMILES string of the molecule is Cc1ncc2c(n1)CCN(Cc1cc(-c3cccc(F)c3)no1)C2. The first-order valence-corrected chi connectivity index (χ1v) is 7.93. The first-order valence-electron chi connectivity index (χ1n) is 7.93. The maximum atomic E-state index is 13.3. The van der Waals surface area contributed by atoms with Crippen LogP contribution in [0, 0.1) is 12.7 Å². The van der Waals surface area contributed by atoms with Crippen LogP contribution in [0.5, 0.6) is 0 Å². The van der Waals surface area contributed by atoms with Gasteiger partial charge in [0.15, 0.2) is 5.76 Å². The first kappa shape index (κ1) is 15.0. The number of fused-ring (bicyclic) bond motifs is 1. The Balaban J connectivity index is 1.48. The Morgan fingerprint density at radius 3 is 3.08 bits per heavy atom. The number of aryl methyl sites for hydroxylation is 1. The van der Waals surface area contributed by atoms with Gasteiger partial charge in [-0.05, 0) is 19.1 Å². The molecule has 6 heteroatoms. The molecule has 0 spiro atoms. The van der Waals surface area contributed by atoms with Gasteiger partial charge in [0.25, 0.3) is 0 Å². The molecular formula is C18H17FN4O. The van der Waals surface area contributed by atoms with E-state index in [0.29, 0.717) is 12.2 Å². The number of nitrogens with zero attached hydrogens (tertiary/aromatic N) is 4. The van der Waals surface area contributed by atoms with E-state index in [9.17, 15) is 4.39 Å². The van der Waals surface area contributed by atoms with E-state index < -0.39 is 0 Å². The summed E-state index contributed by atoms with van der Waals surface area (Å²) in [5.74, 6) is 1.31. The minimum atomic E-state index is -0.278. The molecule has 122 valence electrons. The van der Waals surface area contributed by atoms with Crippen molar-refractivity contribution in [3.05, 3.63) is 65.2 Å². The fraction of sp³-hybridized carbons (Fsp3) is 0.278. The van der Waals surface area contributed by atoms with Gasteiger partial charge in [-0.15, -0.1) is 0 Å². The van der Waals surface area contributed by atoms with Crippen LogP contribution in [-0.4, -0.2) is 26.6 Å². The van der Waals surface area contributed by atoms with Gasteiger partial charge < -0.3 is 4.52 Å². The molecule has 0 unspecified atom stereocenters. The molecule has 1 aliphatic heterocycles. The summed E-state index contributed by atoms with van der Waals surface area (Å²) in [4.78, 5) is 11.0. The quantitative estimate of drug-likeness (QED) is 0.741. The first-order chi connectivity index (χ1) is 11.7. The van der Waals surface area contributed by atoms with Crippen molar-refractivity contribution >= 4 is 0 Å². The molecule has 2 aromatic heterocycles. The molecule has 5 nitrogen and oxygen atoms in total. The standard InChI is InChI=1S/C18H17FN4O/c1-12-20-9-14-10-23(6-5-17(14)21-12)11-16-8-18(22-24-16)13-3-2-4-15(19)7-13/h2-4,7-9H,5-6,10-11H2,1H3. The molecule has 0 fully saturated rings. The van der Waals surface area contributed by atoms with Crippen LogP contribution in [0.1, 0.15) is 22.8 Å². The number of rotatable bonds is 3. The number of aromatic nitrogens is 3. The summed E-state index contributed by atoms with van der Waals surface area (Å²) in [5, 5.41) is 4.06. The van der Waals surface area contributed by atoms with Crippen molar-refractivity contribution in [2.45, 2.75) is 26.4 Å². The zero-order valence-electron chi connectivity index (χ0n) is 13.4. The summed E-state index contributed by atoms with van der Waals surface area (Å²) in [5.41, 5.74) is 3.67. The average Bonchev–Trinajstić information content (AvgIpc) is 3.03. The Kier molecular flexibility index (Phi) is 3.82. The fourth-order valence-corrected chi connectivity index (χ4v) is 3.00. The minimum Gasteiger partial charge on any atom is -0.359 e. The number of hydrogen-bond donors (Lipinski definition) is 0. The third kappa shape index (κ3) is 3.05. The van der Waals surface area contributed by atoms with Crippen LogP contribution in [0.25, 0.3) is 11.3 Å². The predicted molar refractivity (Wildman–Crippen MR) is 86.5 cm³/mol. The summed E-state index contributed by atoms with van der Waals surface area (Å²) in [7, 11) is 0. The molecule has 0 saturated carbocycles. The van der Waals surface area contributed by atoms with Crippen LogP contribution in [0.4, 0.5) is 4.39 Å². The molecule has 0 atom stereocenters. The van der Waals surface area contributed by atoms with Gasteiger partial charge in [0, 0.05) is 48.6 Å². The zero-order valence-corrected chi connectivity index (χ0v) is 13.4. The zero-order chi connectivity index (χ0) is 16.5. The van der Waals surface area contributed by atoms with E-state index in [0.717, 1.165) is 47.9 Å². The van der Waals surface area contributed by atoms with Gasteiger partial charge in [0.1, 0.15) is 17.3 Å². The maximum absolute atomic E-state index is 13.3. The number of hydrogen-bond acceptors (Lipinski definition) is 5. The number of benzene rings is 1. The summed E-state index contributed by atoms with van der Waals surface area (Å²) in [6, 6.07) is 8.23. The van der Waals surface area contributed by atoms with Crippen LogP contribution in [0.2, 0.25) is 0 Å². The van der Waals surface area contributed by atoms with Crippen LogP contribution < -0.4 is 0 Å². The minimum absolute atomic E-state index is 0.278. The Morgan fingerprint density at radius 1 is 1.29 bits per heavy atom. The van der Waals surface area contributed by atoms with E-state index in [4.69, 9.17) is 4.52 Å². The van der Waals surface area contributed by atoms with E-state index in [1.165, 1.54) is 12.1 Å². The molecule has 0 radical (unpaired) electrons. The summed E-state index contributed by atoms with van der Waals surface area (Å²) < 4.78 is 18.7. The average molecular weight is 324 g/mol. The molecule has 3 aromatic rings. The van der Waals surface area contributed by atoms with Gasteiger partial charge in [-0.3, -0.25) is 4.90 Å². The highest BCUT2D eigenvalue weighted by molar-refractivity contribution is 5.58. The van der Waals surface area contributed by atoms with Gasteiger partial charge in [0.05, 0.1) is 6.54 Å². The van der Waals surface area contributed by atoms with Crippen molar-refractivity contribution < 1.29 is 8.91 Å². The summed E-state index contributed by atoms with van der Waals surface area (Å²) in [6.45, 7) is 4.29. The Morgan fingerprint density at radius 2 is 2.21 bits per heavy atom. The molecular weight excluding hydrogens is 307 g/mol. The molecule has 1 aliphatic rings.